The zero-order valence-electron chi connectivity index (χ0n) is 20.0. The molecule has 0 bridgehead atoms. The number of hydrogen-bond donors (Lipinski definition) is 0. The number of ether oxygens (including phenoxy) is 3. The molecule has 34 heavy (non-hydrogen) atoms. The van der Waals surface area contributed by atoms with Gasteiger partial charge in [-0.05, 0) is 50.3 Å². The van der Waals surface area contributed by atoms with E-state index in [1.165, 1.54) is 7.11 Å². The van der Waals surface area contributed by atoms with Crippen molar-refractivity contribution in [3.63, 3.8) is 0 Å². The minimum Gasteiger partial charge on any atom is -0.466 e. The molecule has 1 unspecified atom stereocenters. The molecule has 1 heterocycles. The van der Waals surface area contributed by atoms with E-state index in [9.17, 15) is 4.79 Å². The summed E-state index contributed by atoms with van der Waals surface area (Å²) < 4.78 is 24.5. The summed E-state index contributed by atoms with van der Waals surface area (Å²) in [5, 5.41) is 0. The summed E-state index contributed by atoms with van der Waals surface area (Å²) in [6.07, 6.45) is 0.973. The van der Waals surface area contributed by atoms with E-state index in [2.05, 4.69) is 19.6 Å². The maximum Gasteiger partial charge on any atom is 0.337 e. The number of esters is 1. The van der Waals surface area contributed by atoms with E-state index < -0.39 is 20.1 Å². The van der Waals surface area contributed by atoms with Crippen LogP contribution in [-0.2, 0) is 24.5 Å². The van der Waals surface area contributed by atoms with E-state index in [1.807, 2.05) is 84.9 Å². The lowest BCUT2D eigenvalue weighted by molar-refractivity contribution is -0.163. The third-order valence-electron chi connectivity index (χ3n) is 5.44. The predicted octanol–water partition coefficient (Wildman–Crippen LogP) is 6.88. The second kappa shape index (κ2) is 9.87. The van der Waals surface area contributed by atoms with Gasteiger partial charge in [-0.15, -0.1) is 0 Å². The fourth-order valence-electron chi connectivity index (χ4n) is 4.08. The Kier molecular flexibility index (Phi) is 6.91. The third kappa shape index (κ3) is 5.41. The molecule has 6 heteroatoms. The van der Waals surface area contributed by atoms with Crippen LogP contribution in [-0.4, -0.2) is 21.4 Å². The fourth-order valence-corrected chi connectivity index (χ4v) is 5.33. The van der Waals surface area contributed by atoms with Gasteiger partial charge < -0.3 is 18.6 Å². The molecule has 176 valence electrons. The van der Waals surface area contributed by atoms with Crippen molar-refractivity contribution < 1.29 is 23.4 Å². The van der Waals surface area contributed by atoms with Crippen molar-refractivity contribution in [2.75, 3.05) is 7.11 Å². The number of carbonyl (C=O) groups is 1. The number of carbonyl (C=O) groups excluding carboxylic acids is 1. The Balaban J connectivity index is 1.78. The van der Waals surface area contributed by atoms with Gasteiger partial charge in [-0.3, -0.25) is 0 Å². The van der Waals surface area contributed by atoms with Crippen molar-refractivity contribution in [1.82, 2.24) is 0 Å². The van der Waals surface area contributed by atoms with Crippen LogP contribution in [0.2, 0.25) is 19.6 Å². The monoisotopic (exact) mass is 474 g/mol. The highest BCUT2D eigenvalue weighted by Crippen LogP contribution is 2.46. The average Bonchev–Trinajstić information content (AvgIpc) is 2.84. The topological polar surface area (TPSA) is 54.0 Å². The molecular weight excluding hydrogens is 444 g/mol. The minimum absolute atomic E-state index is 0.404. The van der Waals surface area contributed by atoms with Crippen LogP contribution in [0, 0.1) is 0 Å². The van der Waals surface area contributed by atoms with Crippen molar-refractivity contribution >= 4 is 20.0 Å². The highest BCUT2D eigenvalue weighted by molar-refractivity contribution is 6.69. The Bertz CT molecular complexity index is 1170. The molecule has 0 amide bonds. The Hall–Kier alpha value is -3.35. The molecule has 0 saturated heterocycles. The summed E-state index contributed by atoms with van der Waals surface area (Å²) in [6.45, 7) is 6.40. The van der Waals surface area contributed by atoms with Crippen LogP contribution < -0.4 is 4.74 Å². The number of para-hydroxylation sites is 1. The van der Waals surface area contributed by atoms with Gasteiger partial charge in [0.2, 0.25) is 5.79 Å². The van der Waals surface area contributed by atoms with Gasteiger partial charge in [0.15, 0.2) is 8.32 Å². The van der Waals surface area contributed by atoms with Crippen molar-refractivity contribution in [2.45, 2.75) is 38.3 Å². The number of rotatable bonds is 7. The molecule has 1 aliphatic rings. The molecule has 0 aromatic heterocycles. The molecule has 0 fully saturated rings. The van der Waals surface area contributed by atoms with Crippen LogP contribution in [0.25, 0.3) is 5.76 Å². The van der Waals surface area contributed by atoms with Gasteiger partial charge in [0.25, 0.3) is 0 Å². The second-order valence-electron chi connectivity index (χ2n) is 9.18. The van der Waals surface area contributed by atoms with Crippen LogP contribution in [0.15, 0.2) is 90.5 Å². The molecular formula is C28H30O5Si. The van der Waals surface area contributed by atoms with Gasteiger partial charge in [0.05, 0.1) is 12.7 Å². The zero-order valence-corrected chi connectivity index (χ0v) is 21.0. The third-order valence-corrected chi connectivity index (χ3v) is 6.38. The van der Waals surface area contributed by atoms with Gasteiger partial charge in [-0.2, -0.15) is 0 Å². The molecule has 5 nitrogen and oxygen atoms in total. The summed E-state index contributed by atoms with van der Waals surface area (Å²) in [5.74, 6) is 0.436. The first-order valence-electron chi connectivity index (χ1n) is 11.4. The van der Waals surface area contributed by atoms with E-state index in [4.69, 9.17) is 18.6 Å². The summed E-state index contributed by atoms with van der Waals surface area (Å²) in [7, 11) is -0.650. The largest absolute Gasteiger partial charge is 0.466 e. The van der Waals surface area contributed by atoms with E-state index in [1.54, 1.807) is 0 Å². The van der Waals surface area contributed by atoms with Gasteiger partial charge in [-0.1, -0.05) is 60.7 Å². The zero-order chi connectivity index (χ0) is 24.2. The summed E-state index contributed by atoms with van der Waals surface area (Å²) >= 11 is 0. The second-order valence-corrected chi connectivity index (χ2v) is 13.6. The highest BCUT2D eigenvalue weighted by atomic mass is 28.4. The van der Waals surface area contributed by atoms with Crippen LogP contribution >= 0.6 is 0 Å². The Labute approximate surface area is 202 Å². The lowest BCUT2D eigenvalue weighted by Crippen LogP contribution is -2.44. The molecule has 3 aromatic rings. The first-order valence-corrected chi connectivity index (χ1v) is 14.8. The Morgan fingerprint density at radius 2 is 1.53 bits per heavy atom. The quantitative estimate of drug-likeness (QED) is 0.276. The van der Waals surface area contributed by atoms with E-state index >= 15 is 0 Å². The van der Waals surface area contributed by atoms with Crippen LogP contribution in [0.5, 0.6) is 11.5 Å². The lowest BCUT2D eigenvalue weighted by atomic mass is 9.92. The van der Waals surface area contributed by atoms with Crippen molar-refractivity contribution in [3.8, 4) is 11.5 Å². The Morgan fingerprint density at radius 1 is 0.882 bits per heavy atom. The first-order chi connectivity index (χ1) is 16.3. The maximum atomic E-state index is 12.7. The van der Waals surface area contributed by atoms with Crippen LogP contribution in [0.3, 0.4) is 0 Å². The molecule has 0 spiro atoms. The molecule has 1 aliphatic heterocycles. The van der Waals surface area contributed by atoms with Crippen molar-refractivity contribution in [2.24, 2.45) is 0 Å². The van der Waals surface area contributed by atoms with E-state index in [0.717, 1.165) is 16.9 Å². The molecule has 3 aromatic carbocycles. The SMILES string of the molecule is COC(=O)C1=C(c2cccc(Oc3ccccc3)c2)OC(O[Si](C)(C)C)(c2ccccc2)CC1. The highest BCUT2D eigenvalue weighted by Gasteiger charge is 2.45. The van der Waals surface area contributed by atoms with E-state index in [-0.39, 0.29) is 0 Å². The van der Waals surface area contributed by atoms with E-state index in [0.29, 0.717) is 29.9 Å². The number of methoxy groups -OCH3 is 1. The van der Waals surface area contributed by atoms with Gasteiger partial charge in [-0.25, -0.2) is 4.79 Å². The summed E-state index contributed by atoms with van der Waals surface area (Å²) in [4.78, 5) is 12.7. The van der Waals surface area contributed by atoms with Gasteiger partial charge in [0, 0.05) is 17.5 Å². The predicted molar refractivity (Wildman–Crippen MR) is 135 cm³/mol. The number of benzene rings is 3. The number of hydrogen-bond acceptors (Lipinski definition) is 5. The maximum absolute atomic E-state index is 12.7. The summed E-state index contributed by atoms with van der Waals surface area (Å²) in [5.41, 5.74) is 2.15. The molecule has 0 N–H and O–H groups in total. The average molecular weight is 475 g/mol. The molecule has 4 rings (SSSR count). The minimum atomic E-state index is -2.04. The first kappa shape index (κ1) is 23.8. The molecule has 0 saturated carbocycles. The molecule has 0 radical (unpaired) electrons. The molecule has 1 atom stereocenters. The standard InChI is InChI=1S/C28H30O5Si/c1-30-27(29)25-18-19-28(33-34(2,3)4,22-13-7-5-8-14-22)32-26(25)21-12-11-17-24(20-21)31-23-15-9-6-10-16-23/h5-17,20H,18-19H2,1-4H3. The van der Waals surface area contributed by atoms with Crippen molar-refractivity contribution in [3.05, 3.63) is 102 Å². The van der Waals surface area contributed by atoms with Gasteiger partial charge in [0.1, 0.15) is 17.3 Å². The lowest BCUT2D eigenvalue weighted by Gasteiger charge is -2.43. The van der Waals surface area contributed by atoms with Crippen LogP contribution in [0.1, 0.15) is 24.0 Å². The normalized spacial score (nSPS) is 18.2. The van der Waals surface area contributed by atoms with Crippen LogP contribution in [0.4, 0.5) is 0 Å². The van der Waals surface area contributed by atoms with Crippen molar-refractivity contribution in [1.29, 1.82) is 0 Å². The molecule has 0 aliphatic carbocycles. The Morgan fingerprint density at radius 3 is 2.18 bits per heavy atom. The smallest absolute Gasteiger partial charge is 0.337 e. The van der Waals surface area contributed by atoms with Gasteiger partial charge >= 0.3 is 5.97 Å². The summed E-state index contributed by atoms with van der Waals surface area (Å²) in [6, 6.07) is 27.0. The fraction of sp³-hybridized carbons (Fsp3) is 0.250.